The lowest BCUT2D eigenvalue weighted by molar-refractivity contribution is 1.14. The van der Waals surface area contributed by atoms with Crippen molar-refractivity contribution in [3.05, 3.63) is 164 Å². The molecule has 0 saturated heterocycles. The summed E-state index contributed by atoms with van der Waals surface area (Å²) in [4.78, 5) is 4.80. The molecule has 206 valence electrons. The van der Waals surface area contributed by atoms with Crippen molar-refractivity contribution >= 4 is 43.7 Å². The van der Waals surface area contributed by atoms with E-state index in [2.05, 4.69) is 161 Å². The van der Waals surface area contributed by atoms with Crippen molar-refractivity contribution in [2.24, 2.45) is 0 Å². The Hall–Kier alpha value is -5.93. The van der Waals surface area contributed by atoms with Crippen molar-refractivity contribution in [3.63, 3.8) is 0 Å². The van der Waals surface area contributed by atoms with E-state index in [0.29, 0.717) is 0 Å². The van der Waals surface area contributed by atoms with Crippen LogP contribution in [0.5, 0.6) is 0 Å². The van der Waals surface area contributed by atoms with Crippen LogP contribution in [0.4, 0.5) is 0 Å². The molecule has 0 spiro atoms. The molecule has 0 amide bonds. The highest BCUT2D eigenvalue weighted by Crippen LogP contribution is 2.37. The average Bonchev–Trinajstić information content (AvgIpc) is 3.62. The number of fused-ring (bicyclic) bond motifs is 6. The molecule has 9 rings (SSSR count). The Labute approximate surface area is 254 Å². The average molecular weight is 562 g/mol. The lowest BCUT2D eigenvalue weighted by Crippen LogP contribution is -1.96. The van der Waals surface area contributed by atoms with Gasteiger partial charge in [-0.3, -0.25) is 4.57 Å². The summed E-state index contributed by atoms with van der Waals surface area (Å²) in [5, 5.41) is 4.91. The van der Waals surface area contributed by atoms with Gasteiger partial charge in [0.1, 0.15) is 5.65 Å². The van der Waals surface area contributed by atoms with E-state index in [-0.39, 0.29) is 0 Å². The van der Waals surface area contributed by atoms with Crippen molar-refractivity contribution in [1.29, 1.82) is 0 Å². The van der Waals surface area contributed by atoms with E-state index in [0.717, 1.165) is 27.9 Å². The summed E-state index contributed by atoms with van der Waals surface area (Å²) >= 11 is 0. The molecule has 0 aliphatic heterocycles. The van der Waals surface area contributed by atoms with Gasteiger partial charge in [-0.1, -0.05) is 103 Å². The van der Waals surface area contributed by atoms with Gasteiger partial charge in [-0.15, -0.1) is 0 Å². The second-order valence-electron chi connectivity index (χ2n) is 11.2. The summed E-state index contributed by atoms with van der Waals surface area (Å²) in [6.45, 7) is 0. The molecule has 3 nitrogen and oxygen atoms in total. The van der Waals surface area contributed by atoms with E-state index < -0.39 is 0 Å². The van der Waals surface area contributed by atoms with Crippen molar-refractivity contribution in [1.82, 2.24) is 14.1 Å². The van der Waals surface area contributed by atoms with E-state index >= 15 is 0 Å². The van der Waals surface area contributed by atoms with Crippen LogP contribution < -0.4 is 0 Å². The minimum atomic E-state index is 0.970. The maximum Gasteiger partial charge on any atom is 0.145 e. The molecule has 0 radical (unpaired) electrons. The van der Waals surface area contributed by atoms with Crippen molar-refractivity contribution in [2.75, 3.05) is 0 Å². The highest BCUT2D eigenvalue weighted by Gasteiger charge is 2.16. The fourth-order valence-electron chi connectivity index (χ4n) is 6.87. The van der Waals surface area contributed by atoms with Gasteiger partial charge in [0.2, 0.25) is 0 Å². The molecule has 0 bridgehead atoms. The smallest absolute Gasteiger partial charge is 0.145 e. The maximum absolute atomic E-state index is 4.80. The van der Waals surface area contributed by atoms with Crippen LogP contribution in [0.25, 0.3) is 77.4 Å². The minimum Gasteiger partial charge on any atom is -0.309 e. The van der Waals surface area contributed by atoms with Crippen LogP contribution in [0.15, 0.2) is 164 Å². The molecule has 0 N–H and O–H groups in total. The molecule has 0 saturated carbocycles. The second-order valence-corrected chi connectivity index (χ2v) is 11.2. The number of benzene rings is 6. The SMILES string of the molecule is c1cc(-c2ccccc2-c2cccc(-n3c4ccccc4c4cccnc43)c2)cc(-n2c3ccccc3c3ccccc32)c1. The molecule has 0 unspecified atom stereocenters. The standard InChI is InChI=1S/C41H27N3/c1-2-17-33(29-13-10-15-31(27-29)44-40-24-8-5-20-36(40)37-21-11-25-42-41(37)44)32(16-1)28-12-9-14-30(26-28)43-38-22-6-3-18-34(38)35-19-4-7-23-39(35)43/h1-27H. The zero-order chi connectivity index (χ0) is 29.0. The first-order valence-corrected chi connectivity index (χ1v) is 15.0. The second kappa shape index (κ2) is 9.82. The monoisotopic (exact) mass is 561 g/mol. The highest BCUT2D eigenvalue weighted by atomic mass is 15.0. The van der Waals surface area contributed by atoms with Crippen molar-refractivity contribution in [2.45, 2.75) is 0 Å². The number of hydrogen-bond donors (Lipinski definition) is 0. The maximum atomic E-state index is 4.80. The quantitative estimate of drug-likeness (QED) is 0.210. The number of aromatic nitrogens is 3. The fourth-order valence-corrected chi connectivity index (χ4v) is 6.87. The van der Waals surface area contributed by atoms with Crippen LogP contribution in [0.3, 0.4) is 0 Å². The zero-order valence-electron chi connectivity index (χ0n) is 23.9. The third kappa shape index (κ3) is 3.73. The van der Waals surface area contributed by atoms with E-state index in [1.165, 1.54) is 49.4 Å². The third-order valence-electron chi connectivity index (χ3n) is 8.77. The van der Waals surface area contributed by atoms with Crippen LogP contribution in [-0.2, 0) is 0 Å². The van der Waals surface area contributed by atoms with Gasteiger partial charge in [0.25, 0.3) is 0 Å². The number of pyridine rings is 1. The fraction of sp³-hybridized carbons (Fsp3) is 0. The summed E-state index contributed by atoms with van der Waals surface area (Å²) in [5.41, 5.74) is 11.6. The van der Waals surface area contributed by atoms with Crippen molar-refractivity contribution in [3.8, 4) is 33.6 Å². The molecule has 3 heteroatoms. The van der Waals surface area contributed by atoms with E-state index in [4.69, 9.17) is 4.98 Å². The normalized spacial score (nSPS) is 11.6. The topological polar surface area (TPSA) is 22.8 Å². The molecule has 9 aromatic rings. The summed E-state index contributed by atoms with van der Waals surface area (Å²) < 4.78 is 4.66. The Morgan fingerprint density at radius 1 is 0.364 bits per heavy atom. The summed E-state index contributed by atoms with van der Waals surface area (Å²) in [7, 11) is 0. The number of para-hydroxylation sites is 3. The Kier molecular flexibility index (Phi) is 5.50. The van der Waals surface area contributed by atoms with Gasteiger partial charge in [0, 0.05) is 39.1 Å². The summed E-state index contributed by atoms with van der Waals surface area (Å²) in [5.74, 6) is 0. The number of hydrogen-bond acceptors (Lipinski definition) is 1. The van der Waals surface area contributed by atoms with Gasteiger partial charge in [0.05, 0.1) is 16.6 Å². The molecule has 3 aromatic heterocycles. The number of rotatable bonds is 4. The van der Waals surface area contributed by atoms with Crippen LogP contribution in [0.1, 0.15) is 0 Å². The van der Waals surface area contributed by atoms with Gasteiger partial charge in [-0.2, -0.15) is 0 Å². The minimum absolute atomic E-state index is 0.970. The Morgan fingerprint density at radius 2 is 0.818 bits per heavy atom. The van der Waals surface area contributed by atoms with Gasteiger partial charge < -0.3 is 4.57 Å². The lowest BCUT2D eigenvalue weighted by Gasteiger charge is -2.15. The number of nitrogens with zero attached hydrogens (tertiary/aromatic N) is 3. The van der Waals surface area contributed by atoms with Crippen LogP contribution in [0.2, 0.25) is 0 Å². The van der Waals surface area contributed by atoms with Gasteiger partial charge in [0.15, 0.2) is 0 Å². The first kappa shape index (κ1) is 24.6. The van der Waals surface area contributed by atoms with E-state index in [1.807, 2.05) is 12.3 Å². The predicted molar refractivity (Wildman–Crippen MR) is 184 cm³/mol. The van der Waals surface area contributed by atoms with Crippen LogP contribution >= 0.6 is 0 Å². The summed E-state index contributed by atoms with van der Waals surface area (Å²) in [6, 6.07) is 56.5. The molecular formula is C41H27N3. The Bertz CT molecular complexity index is 2230. The molecular weight excluding hydrogens is 534 g/mol. The first-order chi connectivity index (χ1) is 21.8. The summed E-state index contributed by atoms with van der Waals surface area (Å²) in [6.07, 6.45) is 1.88. The Balaban J connectivity index is 1.21. The third-order valence-corrected chi connectivity index (χ3v) is 8.77. The largest absolute Gasteiger partial charge is 0.309 e. The molecule has 6 aromatic carbocycles. The molecule has 0 fully saturated rings. The van der Waals surface area contributed by atoms with Gasteiger partial charge in [-0.25, -0.2) is 4.98 Å². The molecule has 0 aliphatic rings. The van der Waals surface area contributed by atoms with Gasteiger partial charge >= 0.3 is 0 Å². The van der Waals surface area contributed by atoms with Crippen LogP contribution in [0, 0.1) is 0 Å². The van der Waals surface area contributed by atoms with E-state index in [1.54, 1.807) is 0 Å². The molecule has 0 atom stereocenters. The predicted octanol–water partition coefficient (Wildman–Crippen LogP) is 10.6. The molecule has 0 aliphatic carbocycles. The van der Waals surface area contributed by atoms with E-state index in [9.17, 15) is 0 Å². The zero-order valence-corrected chi connectivity index (χ0v) is 23.9. The first-order valence-electron chi connectivity index (χ1n) is 15.0. The lowest BCUT2D eigenvalue weighted by atomic mass is 9.94. The Morgan fingerprint density at radius 3 is 1.41 bits per heavy atom. The van der Waals surface area contributed by atoms with Crippen LogP contribution in [-0.4, -0.2) is 14.1 Å². The molecule has 44 heavy (non-hydrogen) atoms. The van der Waals surface area contributed by atoms with Crippen molar-refractivity contribution < 1.29 is 0 Å². The van der Waals surface area contributed by atoms with Gasteiger partial charge in [-0.05, 0) is 76.9 Å². The molecule has 3 heterocycles. The highest BCUT2D eigenvalue weighted by molar-refractivity contribution is 6.09.